The molecule has 16 heavy (non-hydrogen) atoms. The summed E-state index contributed by atoms with van der Waals surface area (Å²) in [5.41, 5.74) is 0. The van der Waals surface area contributed by atoms with Gasteiger partial charge in [0, 0.05) is 13.5 Å². The molecule has 0 fully saturated rings. The minimum Gasteiger partial charge on any atom is -0.464 e. The molecule has 0 bridgehead atoms. The van der Waals surface area contributed by atoms with Crippen LogP contribution in [-0.2, 0) is 21.2 Å². The Morgan fingerprint density at radius 3 is 2.62 bits per heavy atom. The zero-order valence-corrected chi connectivity index (χ0v) is 10.5. The number of sulfonamides is 1. The molecule has 5 nitrogen and oxygen atoms in total. The second-order valence-electron chi connectivity index (χ2n) is 3.56. The molecule has 0 saturated carbocycles. The predicted octanol–water partition coefficient (Wildman–Crippen LogP) is 1.08. The van der Waals surface area contributed by atoms with Crippen molar-refractivity contribution in [1.29, 1.82) is 0 Å². The van der Waals surface area contributed by atoms with Gasteiger partial charge in [-0.25, -0.2) is 13.1 Å². The van der Waals surface area contributed by atoms with Crippen LogP contribution in [0.3, 0.4) is 0 Å². The molecular formula is C10H17NO4S. The smallest absolute Gasteiger partial charge is 0.209 e. The fourth-order valence-electron chi connectivity index (χ4n) is 1.37. The zero-order valence-electron chi connectivity index (χ0n) is 9.69. The lowest BCUT2D eigenvalue weighted by atomic mass is 10.2. The highest BCUT2D eigenvalue weighted by Gasteiger charge is 2.19. The molecule has 0 aromatic carbocycles. The van der Waals surface area contributed by atoms with Crippen LogP contribution in [0.5, 0.6) is 0 Å². The van der Waals surface area contributed by atoms with Gasteiger partial charge in [0.2, 0.25) is 10.0 Å². The second kappa shape index (κ2) is 5.47. The SMILES string of the molecule is CCc1ccc([C@H](COC)NS(C)(=O)=O)o1. The van der Waals surface area contributed by atoms with Crippen LogP contribution in [0.4, 0.5) is 0 Å². The van der Waals surface area contributed by atoms with Crippen LogP contribution in [0.2, 0.25) is 0 Å². The maximum Gasteiger partial charge on any atom is 0.209 e. The molecule has 0 amide bonds. The molecule has 1 atom stereocenters. The molecule has 0 radical (unpaired) electrons. The summed E-state index contributed by atoms with van der Waals surface area (Å²) in [4.78, 5) is 0. The first-order valence-corrected chi connectivity index (χ1v) is 6.90. The molecule has 0 aliphatic rings. The molecule has 1 N–H and O–H groups in total. The van der Waals surface area contributed by atoms with Crippen LogP contribution in [0.25, 0.3) is 0 Å². The van der Waals surface area contributed by atoms with Gasteiger partial charge in [0.1, 0.15) is 17.6 Å². The first kappa shape index (κ1) is 13.2. The van der Waals surface area contributed by atoms with E-state index in [-0.39, 0.29) is 6.61 Å². The third kappa shape index (κ3) is 3.96. The van der Waals surface area contributed by atoms with Crippen LogP contribution in [0.15, 0.2) is 16.5 Å². The van der Waals surface area contributed by atoms with Gasteiger partial charge in [-0.3, -0.25) is 0 Å². The largest absolute Gasteiger partial charge is 0.464 e. The normalized spacial score (nSPS) is 13.9. The van der Waals surface area contributed by atoms with E-state index < -0.39 is 16.1 Å². The minimum atomic E-state index is -3.28. The van der Waals surface area contributed by atoms with Gasteiger partial charge in [-0.1, -0.05) is 6.92 Å². The fraction of sp³-hybridized carbons (Fsp3) is 0.600. The number of rotatable bonds is 6. The van der Waals surface area contributed by atoms with Gasteiger partial charge in [0.25, 0.3) is 0 Å². The lowest BCUT2D eigenvalue weighted by Crippen LogP contribution is -2.30. The zero-order chi connectivity index (χ0) is 12.2. The standard InChI is InChI=1S/C10H17NO4S/c1-4-8-5-6-10(15-8)9(7-14-2)11-16(3,12)13/h5-6,9,11H,4,7H2,1-3H3/t9-/m0/s1. The van der Waals surface area contributed by atoms with E-state index >= 15 is 0 Å². The van der Waals surface area contributed by atoms with Crippen molar-refractivity contribution in [2.45, 2.75) is 19.4 Å². The molecule has 0 unspecified atom stereocenters. The van der Waals surface area contributed by atoms with E-state index in [9.17, 15) is 8.42 Å². The van der Waals surface area contributed by atoms with E-state index in [0.29, 0.717) is 5.76 Å². The van der Waals surface area contributed by atoms with Gasteiger partial charge in [-0.2, -0.15) is 0 Å². The number of hydrogen-bond donors (Lipinski definition) is 1. The van der Waals surface area contributed by atoms with E-state index in [1.807, 2.05) is 13.0 Å². The molecule has 1 rings (SSSR count). The summed E-state index contributed by atoms with van der Waals surface area (Å²) in [6.07, 6.45) is 1.89. The van der Waals surface area contributed by atoms with Gasteiger partial charge in [-0.05, 0) is 12.1 Å². The highest BCUT2D eigenvalue weighted by Crippen LogP contribution is 2.18. The number of aryl methyl sites for hydroxylation is 1. The number of nitrogens with one attached hydrogen (secondary N) is 1. The first-order valence-electron chi connectivity index (χ1n) is 5.01. The highest BCUT2D eigenvalue weighted by atomic mass is 32.2. The Morgan fingerprint density at radius 2 is 2.19 bits per heavy atom. The number of methoxy groups -OCH3 is 1. The van der Waals surface area contributed by atoms with Crippen molar-refractivity contribution in [2.24, 2.45) is 0 Å². The van der Waals surface area contributed by atoms with Crippen molar-refractivity contribution in [3.05, 3.63) is 23.7 Å². The van der Waals surface area contributed by atoms with E-state index in [1.165, 1.54) is 7.11 Å². The molecule has 1 heterocycles. The Balaban J connectivity index is 2.84. The van der Waals surface area contributed by atoms with Crippen LogP contribution >= 0.6 is 0 Å². The summed E-state index contributed by atoms with van der Waals surface area (Å²) < 4.78 is 35.2. The van der Waals surface area contributed by atoms with E-state index in [2.05, 4.69) is 4.72 Å². The van der Waals surface area contributed by atoms with Crippen LogP contribution in [0, 0.1) is 0 Å². The summed E-state index contributed by atoms with van der Waals surface area (Å²) in [5, 5.41) is 0. The minimum absolute atomic E-state index is 0.240. The van der Waals surface area contributed by atoms with Crippen LogP contribution < -0.4 is 4.72 Å². The summed E-state index contributed by atoms with van der Waals surface area (Å²) in [7, 11) is -1.77. The van der Waals surface area contributed by atoms with Gasteiger partial charge in [-0.15, -0.1) is 0 Å². The Hall–Kier alpha value is -0.850. The van der Waals surface area contributed by atoms with Crippen molar-refractivity contribution < 1.29 is 17.6 Å². The Labute approximate surface area is 95.8 Å². The quantitative estimate of drug-likeness (QED) is 0.816. The van der Waals surface area contributed by atoms with E-state index in [0.717, 1.165) is 18.4 Å². The van der Waals surface area contributed by atoms with Gasteiger partial charge in [0.15, 0.2) is 0 Å². The number of hydrogen-bond acceptors (Lipinski definition) is 4. The number of furan rings is 1. The topological polar surface area (TPSA) is 68.5 Å². The van der Waals surface area contributed by atoms with E-state index in [4.69, 9.17) is 9.15 Å². The first-order chi connectivity index (χ1) is 7.46. The van der Waals surface area contributed by atoms with Crippen molar-refractivity contribution in [1.82, 2.24) is 4.72 Å². The van der Waals surface area contributed by atoms with Crippen LogP contribution in [-0.4, -0.2) is 28.4 Å². The monoisotopic (exact) mass is 247 g/mol. The molecule has 92 valence electrons. The molecule has 1 aromatic heterocycles. The lowest BCUT2D eigenvalue weighted by Gasteiger charge is -2.13. The van der Waals surface area contributed by atoms with Crippen molar-refractivity contribution in [3.63, 3.8) is 0 Å². The third-order valence-corrected chi connectivity index (χ3v) is 2.78. The molecule has 6 heteroatoms. The van der Waals surface area contributed by atoms with Gasteiger partial charge in [0.05, 0.1) is 12.9 Å². The Morgan fingerprint density at radius 1 is 1.50 bits per heavy atom. The predicted molar refractivity (Wildman–Crippen MR) is 60.7 cm³/mol. The third-order valence-electron chi connectivity index (χ3n) is 2.06. The molecular weight excluding hydrogens is 230 g/mol. The number of ether oxygens (including phenoxy) is 1. The van der Waals surface area contributed by atoms with E-state index in [1.54, 1.807) is 6.07 Å². The molecule has 0 spiro atoms. The van der Waals surface area contributed by atoms with Gasteiger partial charge < -0.3 is 9.15 Å². The van der Waals surface area contributed by atoms with Crippen LogP contribution in [0.1, 0.15) is 24.5 Å². The Bertz CT molecular complexity index is 424. The lowest BCUT2D eigenvalue weighted by molar-refractivity contribution is 0.166. The average Bonchev–Trinajstić information content (AvgIpc) is 2.63. The van der Waals surface area contributed by atoms with Crippen molar-refractivity contribution in [2.75, 3.05) is 20.0 Å². The summed E-state index contributed by atoms with van der Waals surface area (Å²) >= 11 is 0. The molecule has 0 saturated heterocycles. The van der Waals surface area contributed by atoms with Crippen molar-refractivity contribution >= 4 is 10.0 Å². The highest BCUT2D eigenvalue weighted by molar-refractivity contribution is 7.88. The van der Waals surface area contributed by atoms with Gasteiger partial charge >= 0.3 is 0 Å². The maximum atomic E-state index is 11.2. The van der Waals surface area contributed by atoms with Crippen molar-refractivity contribution in [3.8, 4) is 0 Å². The molecule has 0 aliphatic heterocycles. The molecule has 0 aliphatic carbocycles. The summed E-state index contributed by atoms with van der Waals surface area (Å²) in [6.45, 7) is 2.21. The second-order valence-corrected chi connectivity index (χ2v) is 5.34. The summed E-state index contributed by atoms with van der Waals surface area (Å²) in [5.74, 6) is 1.40. The molecule has 1 aromatic rings. The average molecular weight is 247 g/mol. The Kier molecular flexibility index (Phi) is 4.52. The fourth-order valence-corrected chi connectivity index (χ4v) is 2.07. The summed E-state index contributed by atoms with van der Waals surface area (Å²) in [6, 6.07) is 3.13. The maximum absolute atomic E-state index is 11.2.